The third kappa shape index (κ3) is 2.01. The van der Waals surface area contributed by atoms with Crippen LogP contribution in [-0.4, -0.2) is 29.4 Å². The van der Waals surface area contributed by atoms with Gasteiger partial charge in [0, 0.05) is 24.7 Å². The van der Waals surface area contributed by atoms with Gasteiger partial charge in [-0.3, -0.25) is 14.4 Å². The van der Waals surface area contributed by atoms with Gasteiger partial charge in [0.15, 0.2) is 0 Å². The molecule has 8 unspecified atom stereocenters. The summed E-state index contributed by atoms with van der Waals surface area (Å²) in [5.41, 5.74) is -0.497. The number of Topliss-reactive ketones (excluding diaryl/α,β-unsaturated/α-hetero) is 1. The quantitative estimate of drug-likeness (QED) is 0.675. The van der Waals surface area contributed by atoms with E-state index in [1.54, 1.807) is 6.92 Å². The Kier molecular flexibility index (Phi) is 3.73. The Morgan fingerprint density at radius 3 is 2.43 bits per heavy atom. The summed E-state index contributed by atoms with van der Waals surface area (Å²) in [7, 11) is 0. The van der Waals surface area contributed by atoms with Gasteiger partial charge in [0.05, 0.1) is 0 Å². The fourth-order valence-electron chi connectivity index (χ4n) is 8.80. The summed E-state index contributed by atoms with van der Waals surface area (Å²) in [6, 6.07) is 0. The minimum Gasteiger partial charge on any atom is -0.462 e. The van der Waals surface area contributed by atoms with E-state index >= 15 is 0 Å². The summed E-state index contributed by atoms with van der Waals surface area (Å²) in [6.07, 6.45) is 6.44. The zero-order valence-corrected chi connectivity index (χ0v) is 17.5. The van der Waals surface area contributed by atoms with Crippen LogP contribution in [0, 0.1) is 40.4 Å². The number of carbonyl (C=O) groups excluding carboxylic acids is 3. The van der Waals surface area contributed by atoms with Crippen LogP contribution in [0.5, 0.6) is 0 Å². The van der Waals surface area contributed by atoms with Crippen LogP contribution in [0.25, 0.3) is 0 Å². The van der Waals surface area contributed by atoms with Gasteiger partial charge in [0.25, 0.3) is 0 Å². The molecule has 5 fully saturated rings. The lowest BCUT2D eigenvalue weighted by Crippen LogP contribution is -2.66. The Morgan fingerprint density at radius 2 is 1.79 bits per heavy atom. The molecule has 0 aromatic rings. The van der Waals surface area contributed by atoms with E-state index in [1.807, 2.05) is 0 Å². The highest BCUT2D eigenvalue weighted by Crippen LogP contribution is 2.76. The van der Waals surface area contributed by atoms with E-state index in [0.29, 0.717) is 30.0 Å². The van der Waals surface area contributed by atoms with Gasteiger partial charge in [-0.25, -0.2) is 0 Å². The maximum atomic E-state index is 12.8. The molecule has 5 nitrogen and oxygen atoms in total. The molecule has 0 bridgehead atoms. The monoisotopic (exact) mass is 388 g/mol. The molecule has 4 aliphatic carbocycles. The Hall–Kier alpha value is -1.39. The number of ether oxygens (including phenoxy) is 2. The molecule has 1 heterocycles. The van der Waals surface area contributed by atoms with Crippen LogP contribution in [0.1, 0.15) is 72.6 Å². The van der Waals surface area contributed by atoms with Crippen molar-refractivity contribution in [1.82, 2.24) is 0 Å². The Labute approximate surface area is 166 Å². The predicted octanol–water partition coefficient (Wildman–Crippen LogP) is 3.68. The molecule has 1 saturated heterocycles. The van der Waals surface area contributed by atoms with Crippen molar-refractivity contribution in [1.29, 1.82) is 0 Å². The molecule has 5 heteroatoms. The van der Waals surface area contributed by atoms with Crippen LogP contribution in [0.3, 0.4) is 0 Å². The second kappa shape index (κ2) is 5.60. The van der Waals surface area contributed by atoms with Crippen molar-refractivity contribution in [3.05, 3.63) is 0 Å². The van der Waals surface area contributed by atoms with Crippen molar-refractivity contribution in [2.24, 2.45) is 40.4 Å². The lowest BCUT2D eigenvalue weighted by molar-refractivity contribution is -0.251. The van der Waals surface area contributed by atoms with Crippen LogP contribution in [0.2, 0.25) is 0 Å². The SMILES string of the molecule is CC(=O)O[C@H]1CCC2(C)C3CCC4(C)C(C(C)=O)CCC4C3C3C(=O)OC32C1. The zero-order chi connectivity index (χ0) is 20.1. The molecule has 0 N–H and O–H groups in total. The van der Waals surface area contributed by atoms with Crippen molar-refractivity contribution in [2.45, 2.75) is 84.3 Å². The first-order valence-electron chi connectivity index (χ1n) is 11.0. The molecule has 0 amide bonds. The first-order valence-corrected chi connectivity index (χ1v) is 11.0. The zero-order valence-electron chi connectivity index (χ0n) is 17.5. The normalized spacial score (nSPS) is 53.8. The third-order valence-electron chi connectivity index (χ3n) is 9.88. The van der Waals surface area contributed by atoms with Crippen molar-refractivity contribution >= 4 is 17.7 Å². The number of fused-ring (bicyclic) bond motifs is 5. The van der Waals surface area contributed by atoms with Crippen molar-refractivity contribution < 1.29 is 23.9 Å². The van der Waals surface area contributed by atoms with E-state index in [2.05, 4.69) is 13.8 Å². The molecule has 5 rings (SSSR count). The summed E-state index contributed by atoms with van der Waals surface area (Å²) in [5, 5.41) is 0. The number of hydrogen-bond acceptors (Lipinski definition) is 5. The molecule has 9 atom stereocenters. The lowest BCUT2D eigenvalue weighted by atomic mass is 9.54. The van der Waals surface area contributed by atoms with Gasteiger partial charge in [0.2, 0.25) is 0 Å². The molecule has 5 aliphatic rings. The van der Waals surface area contributed by atoms with E-state index in [4.69, 9.17) is 9.47 Å². The highest BCUT2D eigenvalue weighted by Gasteiger charge is 2.80. The second-order valence-electron chi connectivity index (χ2n) is 10.8. The molecule has 4 saturated carbocycles. The highest BCUT2D eigenvalue weighted by atomic mass is 16.6. The Morgan fingerprint density at radius 1 is 1.04 bits per heavy atom. The van der Waals surface area contributed by atoms with E-state index in [0.717, 1.165) is 38.5 Å². The van der Waals surface area contributed by atoms with Crippen LogP contribution in [0.4, 0.5) is 0 Å². The smallest absolute Gasteiger partial charge is 0.313 e. The van der Waals surface area contributed by atoms with Gasteiger partial charge in [0.1, 0.15) is 23.4 Å². The molecule has 0 aromatic carbocycles. The minimum atomic E-state index is -0.475. The third-order valence-corrected chi connectivity index (χ3v) is 9.88. The predicted molar refractivity (Wildman–Crippen MR) is 101 cm³/mol. The van der Waals surface area contributed by atoms with E-state index in [-0.39, 0.29) is 40.7 Å². The first-order chi connectivity index (χ1) is 13.1. The van der Waals surface area contributed by atoms with Crippen molar-refractivity contribution in [2.75, 3.05) is 0 Å². The van der Waals surface area contributed by atoms with E-state index in [1.165, 1.54) is 6.92 Å². The molecule has 0 aromatic heterocycles. The van der Waals surface area contributed by atoms with Gasteiger partial charge in [-0.1, -0.05) is 13.8 Å². The summed E-state index contributed by atoms with van der Waals surface area (Å²) < 4.78 is 11.6. The average Bonchev–Trinajstić information content (AvgIpc) is 3.02. The van der Waals surface area contributed by atoms with Gasteiger partial charge in [-0.15, -0.1) is 0 Å². The molecular formula is C23H32O5. The standard InChI is InChI=1S/C23H32O5/c1-12(24)15-5-6-16-18-17(8-9-21(15,16)3)22(4)10-7-14(27-13(2)25)11-23(22)19(18)20(26)28-23/h14-19H,5-11H2,1-4H3/t14-,15?,16?,17?,18?,19?,21?,22?,23?/m0/s1. The van der Waals surface area contributed by atoms with Gasteiger partial charge in [-0.2, -0.15) is 0 Å². The van der Waals surface area contributed by atoms with E-state index in [9.17, 15) is 14.4 Å². The molecule has 1 aliphatic heterocycles. The number of carbonyl (C=O) groups is 3. The maximum absolute atomic E-state index is 12.8. The van der Waals surface area contributed by atoms with Crippen LogP contribution in [-0.2, 0) is 23.9 Å². The first kappa shape index (κ1) is 18.6. The molecule has 0 radical (unpaired) electrons. The fourth-order valence-corrected chi connectivity index (χ4v) is 8.80. The van der Waals surface area contributed by atoms with Crippen LogP contribution < -0.4 is 0 Å². The summed E-state index contributed by atoms with van der Waals surface area (Å²) in [6.45, 7) is 7.82. The van der Waals surface area contributed by atoms with Crippen molar-refractivity contribution in [3.8, 4) is 0 Å². The van der Waals surface area contributed by atoms with Crippen molar-refractivity contribution in [3.63, 3.8) is 0 Å². The molecule has 1 spiro atoms. The Bertz CT molecular complexity index is 760. The summed E-state index contributed by atoms with van der Waals surface area (Å²) >= 11 is 0. The number of ketones is 1. The number of rotatable bonds is 2. The van der Waals surface area contributed by atoms with Gasteiger partial charge in [-0.05, 0) is 68.6 Å². The average molecular weight is 389 g/mol. The molecule has 28 heavy (non-hydrogen) atoms. The highest BCUT2D eigenvalue weighted by molar-refractivity contribution is 5.83. The molecular weight excluding hydrogens is 356 g/mol. The topological polar surface area (TPSA) is 69.7 Å². The largest absolute Gasteiger partial charge is 0.462 e. The summed E-state index contributed by atoms with van der Waals surface area (Å²) in [5.74, 6) is 1.24. The van der Waals surface area contributed by atoms with Crippen LogP contribution in [0.15, 0.2) is 0 Å². The molecule has 154 valence electrons. The maximum Gasteiger partial charge on any atom is 0.313 e. The second-order valence-corrected chi connectivity index (χ2v) is 10.8. The van der Waals surface area contributed by atoms with E-state index < -0.39 is 5.60 Å². The number of esters is 2. The van der Waals surface area contributed by atoms with Gasteiger partial charge < -0.3 is 9.47 Å². The lowest BCUT2D eigenvalue weighted by Gasteiger charge is -2.57. The Balaban J connectivity index is 1.53. The summed E-state index contributed by atoms with van der Waals surface area (Å²) in [4.78, 5) is 36.7. The number of hydrogen-bond donors (Lipinski definition) is 0. The fraction of sp³-hybridized carbons (Fsp3) is 0.870. The minimum absolute atomic E-state index is 0.0171. The van der Waals surface area contributed by atoms with Gasteiger partial charge >= 0.3 is 11.9 Å². The van der Waals surface area contributed by atoms with Crippen LogP contribution >= 0.6 is 0 Å².